The Morgan fingerprint density at radius 1 is 1.88 bits per heavy atom. The Morgan fingerprint density at radius 3 is 2.88 bits per heavy atom. The van der Waals surface area contributed by atoms with Crippen molar-refractivity contribution in [2.45, 2.75) is 6.04 Å². The van der Waals surface area contributed by atoms with Crippen molar-refractivity contribution in [1.82, 2.24) is 5.32 Å². The molecule has 0 amide bonds. The Labute approximate surface area is 47.0 Å². The molecule has 1 atom stereocenters. The normalized spacial score (nSPS) is 26.2. The Kier molecular flexibility index (Phi) is 1.30. The predicted molar refractivity (Wildman–Crippen MR) is 27.6 cm³/mol. The maximum atomic E-state index is 10.1. The van der Waals surface area contributed by atoms with Gasteiger partial charge in [-0.25, -0.2) is 5.32 Å². The molecule has 3 heteroatoms. The molecular weight excluding hydrogens is 106 g/mol. The molecule has 8 heavy (non-hydrogen) atoms. The second kappa shape index (κ2) is 1.96. The van der Waals surface area contributed by atoms with Crippen LogP contribution in [0.15, 0.2) is 12.2 Å². The van der Waals surface area contributed by atoms with Gasteiger partial charge in [-0.3, -0.25) is 4.79 Å². The number of aliphatic carboxylic acids is 1. The molecule has 3 nitrogen and oxygen atoms in total. The highest BCUT2D eigenvalue weighted by Crippen LogP contribution is 1.95. The first kappa shape index (κ1) is 5.31. The Hall–Kier alpha value is -0.830. The van der Waals surface area contributed by atoms with E-state index in [1.807, 2.05) is 0 Å². The van der Waals surface area contributed by atoms with Crippen molar-refractivity contribution < 1.29 is 9.90 Å². The van der Waals surface area contributed by atoms with Gasteiger partial charge < -0.3 is 5.11 Å². The van der Waals surface area contributed by atoms with E-state index in [0.29, 0.717) is 6.54 Å². The highest BCUT2D eigenvalue weighted by atomic mass is 16.4. The van der Waals surface area contributed by atoms with Crippen LogP contribution in [0.1, 0.15) is 0 Å². The van der Waals surface area contributed by atoms with Gasteiger partial charge in [-0.2, -0.15) is 0 Å². The quantitative estimate of drug-likeness (QED) is 0.470. The van der Waals surface area contributed by atoms with Gasteiger partial charge in [0.25, 0.3) is 0 Å². The van der Waals surface area contributed by atoms with Gasteiger partial charge in [0.1, 0.15) is 6.04 Å². The van der Waals surface area contributed by atoms with Gasteiger partial charge in [-0.1, -0.05) is 12.2 Å². The highest BCUT2D eigenvalue weighted by Gasteiger charge is 2.16. The molecule has 1 heterocycles. The van der Waals surface area contributed by atoms with Crippen molar-refractivity contribution in [3.63, 3.8) is 0 Å². The van der Waals surface area contributed by atoms with Gasteiger partial charge in [-0.05, 0) is 0 Å². The predicted octanol–water partition coefficient (Wildman–Crippen LogP) is -0.386. The zero-order valence-corrected chi connectivity index (χ0v) is 4.24. The van der Waals surface area contributed by atoms with E-state index in [4.69, 9.17) is 5.11 Å². The van der Waals surface area contributed by atoms with Gasteiger partial charge in [0, 0.05) is 6.54 Å². The average molecular weight is 112 g/mol. The zero-order valence-electron chi connectivity index (χ0n) is 4.24. The van der Waals surface area contributed by atoms with Crippen LogP contribution in [0.3, 0.4) is 0 Å². The van der Waals surface area contributed by atoms with E-state index in [0.717, 1.165) is 0 Å². The summed E-state index contributed by atoms with van der Waals surface area (Å²) in [4.78, 5) is 10.1. The third-order valence-electron chi connectivity index (χ3n) is 0.979. The van der Waals surface area contributed by atoms with Crippen LogP contribution in [0.4, 0.5) is 0 Å². The van der Waals surface area contributed by atoms with Crippen LogP contribution in [-0.4, -0.2) is 23.7 Å². The van der Waals surface area contributed by atoms with E-state index in [2.05, 4.69) is 5.32 Å². The van der Waals surface area contributed by atoms with E-state index in [9.17, 15) is 4.79 Å². The van der Waals surface area contributed by atoms with E-state index in [-0.39, 0.29) is 0 Å². The largest absolute Gasteiger partial charge is 0.480 e. The number of hydrogen-bond acceptors (Lipinski definition) is 1. The topological polar surface area (TPSA) is 51.4 Å². The second-order valence-corrected chi connectivity index (χ2v) is 1.58. The lowest BCUT2D eigenvalue weighted by atomic mass is 10.3. The minimum atomic E-state index is -0.862. The van der Waals surface area contributed by atoms with E-state index in [1.54, 1.807) is 12.2 Å². The van der Waals surface area contributed by atoms with Crippen LogP contribution >= 0.6 is 0 Å². The summed E-state index contributed by atoms with van der Waals surface area (Å²) in [5.74, 6) is -0.862. The zero-order chi connectivity index (χ0) is 5.98. The molecule has 0 aromatic carbocycles. The van der Waals surface area contributed by atoms with Crippen LogP contribution < -0.4 is 5.32 Å². The summed E-state index contributed by atoms with van der Waals surface area (Å²) in [6.45, 7) is 0.553. The molecule has 1 unspecified atom stereocenters. The molecule has 0 aromatic heterocycles. The van der Waals surface area contributed by atoms with Crippen LogP contribution in [0.25, 0.3) is 0 Å². The summed E-state index contributed by atoms with van der Waals surface area (Å²) in [7, 11) is 0. The van der Waals surface area contributed by atoms with Gasteiger partial charge in [0.15, 0.2) is 0 Å². The first-order valence-electron chi connectivity index (χ1n) is 2.37. The molecule has 0 saturated heterocycles. The lowest BCUT2D eigenvalue weighted by Crippen LogP contribution is -2.24. The van der Waals surface area contributed by atoms with Crippen molar-refractivity contribution in [1.29, 1.82) is 0 Å². The van der Waals surface area contributed by atoms with Crippen molar-refractivity contribution in [3.05, 3.63) is 12.2 Å². The summed E-state index contributed by atoms with van der Waals surface area (Å²) >= 11 is 0. The van der Waals surface area contributed by atoms with Crippen LogP contribution in [0.2, 0.25) is 0 Å². The number of nitrogens with zero attached hydrogens (tertiary/aromatic N) is 1. The monoisotopic (exact) mass is 112 g/mol. The number of hydrogen-bond donors (Lipinski definition) is 1. The third kappa shape index (κ3) is 0.869. The van der Waals surface area contributed by atoms with Gasteiger partial charge in [0.2, 0.25) is 0 Å². The van der Waals surface area contributed by atoms with Crippen molar-refractivity contribution >= 4 is 5.97 Å². The van der Waals surface area contributed by atoms with Crippen LogP contribution in [0.5, 0.6) is 0 Å². The highest BCUT2D eigenvalue weighted by molar-refractivity contribution is 5.76. The molecular formula is C5H6NO2. The minimum absolute atomic E-state index is 0.553. The summed E-state index contributed by atoms with van der Waals surface area (Å²) in [6.07, 6.45) is 3.33. The number of carboxylic acids is 1. The fourth-order valence-corrected chi connectivity index (χ4v) is 0.585. The molecule has 0 spiro atoms. The smallest absolute Gasteiger partial charge is 0.326 e. The van der Waals surface area contributed by atoms with E-state index in [1.165, 1.54) is 0 Å². The van der Waals surface area contributed by atoms with E-state index < -0.39 is 12.0 Å². The van der Waals surface area contributed by atoms with Crippen LogP contribution in [-0.2, 0) is 4.79 Å². The lowest BCUT2D eigenvalue weighted by Gasteiger charge is -1.96. The maximum absolute atomic E-state index is 10.1. The summed E-state index contributed by atoms with van der Waals surface area (Å²) in [5.41, 5.74) is 0. The first-order chi connectivity index (χ1) is 3.80. The minimum Gasteiger partial charge on any atom is -0.480 e. The van der Waals surface area contributed by atoms with Crippen molar-refractivity contribution in [3.8, 4) is 0 Å². The van der Waals surface area contributed by atoms with Gasteiger partial charge >= 0.3 is 5.97 Å². The summed E-state index contributed by atoms with van der Waals surface area (Å²) in [6, 6.07) is -0.574. The molecule has 1 aliphatic heterocycles. The number of carboxylic acid groups (broad SMARTS) is 1. The van der Waals surface area contributed by atoms with Gasteiger partial charge in [0.05, 0.1) is 0 Å². The maximum Gasteiger partial charge on any atom is 0.326 e. The van der Waals surface area contributed by atoms with Crippen molar-refractivity contribution in [2.24, 2.45) is 0 Å². The Morgan fingerprint density at radius 2 is 2.62 bits per heavy atom. The Bertz CT molecular complexity index is 130. The molecule has 1 rings (SSSR count). The molecule has 0 saturated carbocycles. The standard InChI is InChI=1S/C5H6NO2/c7-5(8)4-2-1-3-6-4/h1-2,4H,3H2,(H,7,8). The average Bonchev–Trinajstić information content (AvgIpc) is 2.12. The molecule has 1 radical (unpaired) electrons. The Balaban J connectivity index is 2.48. The van der Waals surface area contributed by atoms with Gasteiger partial charge in [-0.15, -0.1) is 0 Å². The van der Waals surface area contributed by atoms with Crippen LogP contribution in [0, 0.1) is 0 Å². The SMILES string of the molecule is O=C(O)C1C=CC[N]1. The number of rotatable bonds is 1. The van der Waals surface area contributed by atoms with Crippen molar-refractivity contribution in [2.75, 3.05) is 6.54 Å². The first-order valence-corrected chi connectivity index (χ1v) is 2.37. The molecule has 1 aliphatic rings. The molecule has 0 aliphatic carbocycles. The molecule has 1 N–H and O–H groups in total. The third-order valence-corrected chi connectivity index (χ3v) is 0.979. The molecule has 0 fully saturated rings. The molecule has 0 bridgehead atoms. The number of carbonyl (C=O) groups is 1. The summed E-state index contributed by atoms with van der Waals surface area (Å²) in [5, 5.41) is 12.0. The summed E-state index contributed by atoms with van der Waals surface area (Å²) < 4.78 is 0. The fraction of sp³-hybridized carbons (Fsp3) is 0.400. The molecule has 43 valence electrons. The fourth-order valence-electron chi connectivity index (χ4n) is 0.585. The molecule has 0 aromatic rings. The van der Waals surface area contributed by atoms with E-state index >= 15 is 0 Å². The second-order valence-electron chi connectivity index (χ2n) is 1.58. The lowest BCUT2D eigenvalue weighted by molar-refractivity contribution is -0.138.